The molecule has 3 heterocycles. The van der Waals surface area contributed by atoms with Gasteiger partial charge in [-0.3, -0.25) is 4.79 Å². The molecule has 1 N–H and O–H groups in total. The zero-order valence-corrected chi connectivity index (χ0v) is 25.2. The zero-order chi connectivity index (χ0) is 28.6. The molecular weight excluding hydrogens is 550 g/mol. The second kappa shape index (κ2) is 11.3. The molecule has 6 rings (SSSR count). The van der Waals surface area contributed by atoms with E-state index in [1.165, 1.54) is 4.88 Å². The molecule has 0 saturated carbocycles. The molecule has 5 nitrogen and oxygen atoms in total. The average Bonchev–Trinajstić information content (AvgIpc) is 3.68. The van der Waals surface area contributed by atoms with Gasteiger partial charge in [-0.15, -0.1) is 11.3 Å². The summed E-state index contributed by atoms with van der Waals surface area (Å²) in [5, 5.41) is 5.69. The number of thiophene rings is 1. The highest BCUT2D eigenvalue weighted by molar-refractivity contribution is 7.16. The van der Waals surface area contributed by atoms with Crippen LogP contribution in [-0.4, -0.2) is 16.7 Å². The van der Waals surface area contributed by atoms with Gasteiger partial charge in [-0.05, 0) is 72.1 Å². The number of nitrogens with one attached hydrogen (secondary N) is 1. The number of aliphatic imine (C=N–C) groups is 1. The quantitative estimate of drug-likeness (QED) is 0.195. The molecule has 0 spiro atoms. The van der Waals surface area contributed by atoms with Crippen LogP contribution in [0.4, 0.5) is 5.00 Å². The number of carbonyl (C=O) groups excluding carboxylic acids is 1. The fourth-order valence-electron chi connectivity index (χ4n) is 5.77. The summed E-state index contributed by atoms with van der Waals surface area (Å²) in [6.07, 6.45) is 8.63. The number of hydrogen-bond donors (Lipinski definition) is 1. The van der Waals surface area contributed by atoms with E-state index in [-0.39, 0.29) is 11.3 Å². The third kappa shape index (κ3) is 5.90. The number of carbonyl (C=O) groups is 1. The van der Waals surface area contributed by atoms with E-state index in [2.05, 4.69) is 61.1 Å². The lowest BCUT2D eigenvalue weighted by atomic mass is 9.72. The predicted molar refractivity (Wildman–Crippen MR) is 169 cm³/mol. The Labute approximate surface area is 249 Å². The van der Waals surface area contributed by atoms with Gasteiger partial charge in [-0.2, -0.15) is 0 Å². The number of para-hydroxylation sites is 1. The van der Waals surface area contributed by atoms with Crippen LogP contribution in [0, 0.1) is 11.3 Å². The molecule has 2 aromatic carbocycles. The minimum absolute atomic E-state index is 0.0938. The minimum Gasteiger partial charge on any atom is -0.467 e. The molecule has 7 heteroatoms. The Morgan fingerprint density at radius 2 is 2.02 bits per heavy atom. The van der Waals surface area contributed by atoms with Crippen LogP contribution in [0.3, 0.4) is 0 Å². The van der Waals surface area contributed by atoms with Crippen LogP contribution in [0.15, 0.2) is 82.5 Å². The molecule has 0 radical (unpaired) electrons. The lowest BCUT2D eigenvalue weighted by Crippen LogP contribution is -2.28. The first kappa shape index (κ1) is 27.6. The molecular formula is C34H34ClN3O2S. The van der Waals surface area contributed by atoms with Gasteiger partial charge in [0, 0.05) is 45.3 Å². The maximum atomic E-state index is 13.6. The highest BCUT2D eigenvalue weighted by atomic mass is 35.5. The van der Waals surface area contributed by atoms with Crippen molar-refractivity contribution in [1.29, 1.82) is 0 Å². The zero-order valence-electron chi connectivity index (χ0n) is 23.6. The fraction of sp³-hybridized carbons (Fsp3) is 0.294. The van der Waals surface area contributed by atoms with Gasteiger partial charge in [-0.1, -0.05) is 62.7 Å². The van der Waals surface area contributed by atoms with E-state index in [9.17, 15) is 4.79 Å². The van der Waals surface area contributed by atoms with Gasteiger partial charge in [0.15, 0.2) is 0 Å². The Balaban J connectivity index is 1.35. The Kier molecular flexibility index (Phi) is 7.62. The van der Waals surface area contributed by atoms with Crippen LogP contribution in [0.1, 0.15) is 64.9 Å². The van der Waals surface area contributed by atoms with Gasteiger partial charge in [0.25, 0.3) is 5.91 Å². The number of furan rings is 1. The topological polar surface area (TPSA) is 59.5 Å². The SMILES string of the molecule is CC(C)(C)[C@H]1CCc2c(sc(N=Cc3cn(Cc4cccc(Cl)c4)c4ccccc34)c2C(=O)NCc2ccco2)C1. The van der Waals surface area contributed by atoms with Gasteiger partial charge >= 0.3 is 0 Å². The second-order valence-corrected chi connectivity index (χ2v) is 13.4. The van der Waals surface area contributed by atoms with Crippen LogP contribution >= 0.6 is 22.9 Å². The summed E-state index contributed by atoms with van der Waals surface area (Å²) in [5.41, 5.74) is 5.37. The third-order valence-electron chi connectivity index (χ3n) is 8.08. The summed E-state index contributed by atoms with van der Waals surface area (Å²) in [6.45, 7) is 7.99. The molecule has 1 atom stereocenters. The number of aromatic nitrogens is 1. The maximum Gasteiger partial charge on any atom is 0.255 e. The Hall–Kier alpha value is -3.61. The lowest BCUT2D eigenvalue weighted by Gasteiger charge is -2.33. The normalized spacial score (nSPS) is 15.5. The maximum absolute atomic E-state index is 13.6. The van der Waals surface area contributed by atoms with Crippen molar-refractivity contribution in [3.05, 3.63) is 111 Å². The highest BCUT2D eigenvalue weighted by Crippen LogP contribution is 2.45. The van der Waals surface area contributed by atoms with Crippen LogP contribution < -0.4 is 5.32 Å². The molecule has 0 saturated heterocycles. The molecule has 1 aliphatic carbocycles. The summed E-state index contributed by atoms with van der Waals surface area (Å²) in [5.74, 6) is 1.21. The molecule has 5 aromatic rings. The first-order valence-corrected chi connectivity index (χ1v) is 15.3. The van der Waals surface area contributed by atoms with E-state index in [1.54, 1.807) is 17.6 Å². The smallest absolute Gasteiger partial charge is 0.255 e. The first-order chi connectivity index (χ1) is 19.8. The molecule has 0 fully saturated rings. The molecule has 1 amide bonds. The van der Waals surface area contributed by atoms with E-state index in [0.717, 1.165) is 62.6 Å². The van der Waals surface area contributed by atoms with Crippen LogP contribution in [0.2, 0.25) is 5.02 Å². The van der Waals surface area contributed by atoms with Gasteiger partial charge in [-0.25, -0.2) is 4.99 Å². The van der Waals surface area contributed by atoms with Crippen molar-refractivity contribution in [3.8, 4) is 0 Å². The number of rotatable bonds is 7. The van der Waals surface area contributed by atoms with Gasteiger partial charge < -0.3 is 14.3 Å². The Morgan fingerprint density at radius 1 is 1.17 bits per heavy atom. The lowest BCUT2D eigenvalue weighted by molar-refractivity contribution is 0.0947. The van der Waals surface area contributed by atoms with Gasteiger partial charge in [0.05, 0.1) is 18.4 Å². The van der Waals surface area contributed by atoms with E-state index in [0.29, 0.717) is 24.6 Å². The Bertz CT molecular complexity index is 1720. The summed E-state index contributed by atoms with van der Waals surface area (Å²) >= 11 is 7.92. The van der Waals surface area contributed by atoms with Crippen molar-refractivity contribution in [1.82, 2.24) is 9.88 Å². The van der Waals surface area contributed by atoms with E-state index >= 15 is 0 Å². The molecule has 0 aliphatic heterocycles. The summed E-state index contributed by atoms with van der Waals surface area (Å²) in [7, 11) is 0. The van der Waals surface area contributed by atoms with Crippen molar-refractivity contribution in [2.45, 2.75) is 53.1 Å². The molecule has 0 bridgehead atoms. The van der Waals surface area contributed by atoms with Crippen molar-refractivity contribution >= 4 is 51.0 Å². The Morgan fingerprint density at radius 3 is 2.80 bits per heavy atom. The number of hydrogen-bond acceptors (Lipinski definition) is 4. The average molecular weight is 584 g/mol. The summed E-state index contributed by atoms with van der Waals surface area (Å²) < 4.78 is 7.67. The number of amides is 1. The molecule has 210 valence electrons. The largest absolute Gasteiger partial charge is 0.467 e. The highest BCUT2D eigenvalue weighted by Gasteiger charge is 2.33. The summed E-state index contributed by atoms with van der Waals surface area (Å²) in [6, 6.07) is 20.0. The standard InChI is InChI=1S/C34H34ClN3O2S/c1-34(2,3)24-13-14-28-30(17-24)41-33(31(28)32(39)36-19-26-10-7-15-40-26)37-18-23-21-38(29-12-5-4-11-27(23)29)20-22-8-6-9-25(35)16-22/h4-12,15-16,18,21,24H,13-14,17,19-20H2,1-3H3,(H,36,39)/t24-/m0/s1. The number of nitrogens with zero attached hydrogens (tertiary/aromatic N) is 2. The molecule has 0 unspecified atom stereocenters. The van der Waals surface area contributed by atoms with Crippen molar-refractivity contribution in [2.24, 2.45) is 16.3 Å². The second-order valence-electron chi connectivity index (χ2n) is 11.9. The van der Waals surface area contributed by atoms with Crippen LogP contribution in [0.5, 0.6) is 0 Å². The minimum atomic E-state index is -0.0938. The van der Waals surface area contributed by atoms with Gasteiger partial charge in [0.1, 0.15) is 10.8 Å². The summed E-state index contributed by atoms with van der Waals surface area (Å²) in [4.78, 5) is 19.9. The van der Waals surface area contributed by atoms with Crippen molar-refractivity contribution < 1.29 is 9.21 Å². The predicted octanol–water partition coefficient (Wildman–Crippen LogP) is 8.83. The number of benzene rings is 2. The van der Waals surface area contributed by atoms with Crippen molar-refractivity contribution in [2.75, 3.05) is 0 Å². The van der Waals surface area contributed by atoms with E-state index in [1.807, 2.05) is 42.6 Å². The number of fused-ring (bicyclic) bond motifs is 2. The van der Waals surface area contributed by atoms with Crippen LogP contribution in [0.25, 0.3) is 10.9 Å². The van der Waals surface area contributed by atoms with E-state index < -0.39 is 0 Å². The molecule has 1 aliphatic rings. The fourth-order valence-corrected chi connectivity index (χ4v) is 7.26. The van der Waals surface area contributed by atoms with Crippen LogP contribution in [-0.2, 0) is 25.9 Å². The first-order valence-electron chi connectivity index (χ1n) is 14.1. The molecule has 41 heavy (non-hydrogen) atoms. The van der Waals surface area contributed by atoms with Gasteiger partial charge in [0.2, 0.25) is 0 Å². The molecule has 3 aromatic heterocycles. The van der Waals surface area contributed by atoms with E-state index in [4.69, 9.17) is 21.0 Å². The number of halogens is 1. The third-order valence-corrected chi connectivity index (χ3v) is 9.48. The van der Waals surface area contributed by atoms with Crippen molar-refractivity contribution in [3.63, 3.8) is 0 Å². The monoisotopic (exact) mass is 583 g/mol.